The molecule has 0 amide bonds. The van der Waals surface area contributed by atoms with Gasteiger partial charge in [-0.25, -0.2) is 13.1 Å². The fourth-order valence-corrected chi connectivity index (χ4v) is 2.98. The molecule has 1 saturated heterocycles. The van der Waals surface area contributed by atoms with Crippen molar-refractivity contribution in [1.29, 1.82) is 0 Å². The van der Waals surface area contributed by atoms with Gasteiger partial charge >= 0.3 is 0 Å². The molecular weight excluding hydrogens is 202 g/mol. The van der Waals surface area contributed by atoms with Gasteiger partial charge in [0.1, 0.15) is 0 Å². The Morgan fingerprint density at radius 1 is 1.57 bits per heavy atom. The Hall–Kier alpha value is -0.170. The Kier molecular flexibility index (Phi) is 4.31. The number of likely N-dealkylation sites (N-methyl/N-ethyl adjacent to an activating group) is 1. The monoisotopic (exact) mass is 221 g/mol. The topological polar surface area (TPSA) is 75.4 Å². The van der Waals surface area contributed by atoms with E-state index >= 15 is 0 Å². The number of hydrogen-bond acceptors (Lipinski definition) is 4. The smallest absolute Gasteiger partial charge is 0.211 e. The minimum Gasteiger partial charge on any atom is -0.330 e. The second kappa shape index (κ2) is 5.06. The van der Waals surface area contributed by atoms with Crippen LogP contribution in [0, 0.1) is 0 Å². The highest BCUT2D eigenvalue weighted by molar-refractivity contribution is 7.89. The second-order valence-electron chi connectivity index (χ2n) is 3.83. The summed E-state index contributed by atoms with van der Waals surface area (Å²) in [6.07, 6.45) is 1.43. The van der Waals surface area contributed by atoms with Crippen molar-refractivity contribution in [1.82, 2.24) is 9.62 Å². The largest absolute Gasteiger partial charge is 0.330 e. The van der Waals surface area contributed by atoms with Crippen LogP contribution in [0.2, 0.25) is 0 Å². The van der Waals surface area contributed by atoms with Crippen molar-refractivity contribution >= 4 is 10.0 Å². The van der Waals surface area contributed by atoms with Crippen LogP contribution >= 0.6 is 0 Å². The maximum absolute atomic E-state index is 11.5. The van der Waals surface area contributed by atoms with Gasteiger partial charge in [-0.1, -0.05) is 0 Å². The molecular formula is C8H19N3O2S. The molecule has 1 aliphatic heterocycles. The lowest BCUT2D eigenvalue weighted by molar-refractivity contribution is 0.407. The number of nitrogens with one attached hydrogen (secondary N) is 1. The van der Waals surface area contributed by atoms with Crippen LogP contribution in [0.1, 0.15) is 12.8 Å². The van der Waals surface area contributed by atoms with Gasteiger partial charge in [-0.2, -0.15) is 0 Å². The van der Waals surface area contributed by atoms with Crippen molar-refractivity contribution in [3.63, 3.8) is 0 Å². The van der Waals surface area contributed by atoms with Crippen LogP contribution in [-0.2, 0) is 10.0 Å². The number of nitrogens with two attached hydrogens (primary N) is 1. The standard InChI is InChI=1S/C8H19N3O2S/c1-11-5-3-8(7-11)10-14(12,13)6-2-4-9/h8,10H,2-7,9H2,1H3. The predicted octanol–water partition coefficient (Wildman–Crippen LogP) is -1.04. The average Bonchev–Trinajstić information content (AvgIpc) is 2.47. The zero-order chi connectivity index (χ0) is 10.6. The van der Waals surface area contributed by atoms with Crippen molar-refractivity contribution in [2.24, 2.45) is 5.73 Å². The van der Waals surface area contributed by atoms with Gasteiger partial charge in [0.2, 0.25) is 10.0 Å². The van der Waals surface area contributed by atoms with Crippen molar-refractivity contribution in [2.75, 3.05) is 32.4 Å². The van der Waals surface area contributed by atoms with Gasteiger partial charge in [-0.15, -0.1) is 0 Å². The molecule has 1 atom stereocenters. The normalized spacial score (nSPS) is 24.3. The second-order valence-corrected chi connectivity index (χ2v) is 5.70. The Bertz CT molecular complexity index is 266. The van der Waals surface area contributed by atoms with Crippen molar-refractivity contribution in [3.8, 4) is 0 Å². The van der Waals surface area contributed by atoms with Crippen molar-refractivity contribution in [3.05, 3.63) is 0 Å². The summed E-state index contributed by atoms with van der Waals surface area (Å²) < 4.78 is 25.6. The van der Waals surface area contributed by atoms with Gasteiger partial charge in [0.25, 0.3) is 0 Å². The third-order valence-corrected chi connectivity index (χ3v) is 3.87. The van der Waals surface area contributed by atoms with E-state index in [4.69, 9.17) is 5.73 Å². The minimum absolute atomic E-state index is 0.0859. The molecule has 5 nitrogen and oxygen atoms in total. The van der Waals surface area contributed by atoms with E-state index in [9.17, 15) is 8.42 Å². The molecule has 1 unspecified atom stereocenters. The van der Waals surface area contributed by atoms with Crippen molar-refractivity contribution < 1.29 is 8.42 Å². The molecule has 3 N–H and O–H groups in total. The van der Waals surface area contributed by atoms with E-state index in [1.807, 2.05) is 7.05 Å². The third kappa shape index (κ3) is 3.91. The van der Waals surface area contributed by atoms with Crippen LogP contribution in [0.3, 0.4) is 0 Å². The van der Waals surface area contributed by atoms with E-state index < -0.39 is 10.0 Å². The maximum atomic E-state index is 11.5. The zero-order valence-corrected chi connectivity index (χ0v) is 9.39. The van der Waals surface area contributed by atoms with Crippen LogP contribution < -0.4 is 10.5 Å². The molecule has 0 aromatic carbocycles. The predicted molar refractivity (Wildman–Crippen MR) is 56.5 cm³/mol. The molecule has 84 valence electrons. The molecule has 1 aliphatic rings. The van der Waals surface area contributed by atoms with Crippen LogP contribution in [0.5, 0.6) is 0 Å². The molecule has 14 heavy (non-hydrogen) atoms. The van der Waals surface area contributed by atoms with E-state index in [0.29, 0.717) is 13.0 Å². The fourth-order valence-electron chi connectivity index (χ4n) is 1.62. The Labute approximate surface area is 85.7 Å². The molecule has 0 aromatic heterocycles. The van der Waals surface area contributed by atoms with Gasteiger partial charge in [0.05, 0.1) is 5.75 Å². The lowest BCUT2D eigenvalue weighted by atomic mass is 10.3. The number of rotatable bonds is 5. The van der Waals surface area contributed by atoms with Crippen LogP contribution in [0.4, 0.5) is 0 Å². The number of sulfonamides is 1. The number of hydrogen-bond donors (Lipinski definition) is 2. The molecule has 0 spiro atoms. The molecule has 1 rings (SSSR count). The quantitative estimate of drug-likeness (QED) is 0.622. The van der Waals surface area contributed by atoms with E-state index in [2.05, 4.69) is 9.62 Å². The molecule has 0 aliphatic carbocycles. The highest BCUT2D eigenvalue weighted by Crippen LogP contribution is 2.07. The van der Waals surface area contributed by atoms with Crippen LogP contribution in [0.25, 0.3) is 0 Å². The van der Waals surface area contributed by atoms with Gasteiger partial charge in [0, 0.05) is 12.6 Å². The molecule has 1 fully saturated rings. The van der Waals surface area contributed by atoms with E-state index in [-0.39, 0.29) is 11.8 Å². The molecule has 0 radical (unpaired) electrons. The maximum Gasteiger partial charge on any atom is 0.211 e. The highest BCUT2D eigenvalue weighted by atomic mass is 32.2. The van der Waals surface area contributed by atoms with Crippen LogP contribution in [-0.4, -0.2) is 51.8 Å². The summed E-state index contributed by atoms with van der Waals surface area (Å²) in [5.74, 6) is 0.143. The molecule has 1 heterocycles. The first-order valence-corrected chi connectivity index (χ1v) is 6.57. The summed E-state index contributed by atoms with van der Waals surface area (Å²) in [5.41, 5.74) is 5.27. The van der Waals surface area contributed by atoms with Crippen LogP contribution in [0.15, 0.2) is 0 Å². The number of nitrogens with zero attached hydrogens (tertiary/aromatic N) is 1. The zero-order valence-electron chi connectivity index (χ0n) is 8.57. The van der Waals surface area contributed by atoms with Gasteiger partial charge in [0.15, 0.2) is 0 Å². The lowest BCUT2D eigenvalue weighted by Gasteiger charge is -2.12. The minimum atomic E-state index is -3.11. The lowest BCUT2D eigenvalue weighted by Crippen LogP contribution is -2.38. The molecule has 0 bridgehead atoms. The summed E-state index contributed by atoms with van der Waals surface area (Å²) in [6.45, 7) is 2.19. The SMILES string of the molecule is CN1CCC(NS(=O)(=O)CCCN)C1. The first kappa shape index (κ1) is 11.9. The molecule has 6 heteroatoms. The fraction of sp³-hybridized carbons (Fsp3) is 1.00. The summed E-state index contributed by atoms with van der Waals surface area (Å²) >= 11 is 0. The van der Waals surface area contributed by atoms with Gasteiger partial charge in [-0.3, -0.25) is 0 Å². The van der Waals surface area contributed by atoms with E-state index in [1.54, 1.807) is 0 Å². The average molecular weight is 221 g/mol. The summed E-state index contributed by atoms with van der Waals surface area (Å²) in [7, 11) is -1.11. The van der Waals surface area contributed by atoms with Crippen molar-refractivity contribution in [2.45, 2.75) is 18.9 Å². The number of likely N-dealkylation sites (tertiary alicyclic amines) is 1. The first-order valence-electron chi connectivity index (χ1n) is 4.92. The summed E-state index contributed by atoms with van der Waals surface area (Å²) in [5, 5.41) is 0. The third-order valence-electron chi connectivity index (χ3n) is 2.35. The molecule has 0 saturated carbocycles. The Morgan fingerprint density at radius 2 is 2.29 bits per heavy atom. The highest BCUT2D eigenvalue weighted by Gasteiger charge is 2.23. The van der Waals surface area contributed by atoms with Gasteiger partial charge < -0.3 is 10.6 Å². The molecule has 0 aromatic rings. The summed E-state index contributed by atoms with van der Waals surface area (Å²) in [4.78, 5) is 2.12. The Morgan fingerprint density at radius 3 is 2.79 bits per heavy atom. The van der Waals surface area contributed by atoms with Gasteiger partial charge in [-0.05, 0) is 33.0 Å². The Balaban J connectivity index is 2.35. The first-order chi connectivity index (χ1) is 6.53. The van der Waals surface area contributed by atoms with E-state index in [0.717, 1.165) is 19.5 Å². The van der Waals surface area contributed by atoms with E-state index in [1.165, 1.54) is 0 Å². The summed E-state index contributed by atoms with van der Waals surface area (Å²) in [6, 6.07) is 0.0859.